The van der Waals surface area contributed by atoms with Crippen LogP contribution in [0, 0.1) is 19.8 Å². The van der Waals surface area contributed by atoms with E-state index in [4.69, 9.17) is 4.74 Å². The summed E-state index contributed by atoms with van der Waals surface area (Å²) >= 11 is 0. The predicted octanol–water partition coefficient (Wildman–Crippen LogP) is 0.188. The molecule has 2 heterocycles. The lowest BCUT2D eigenvalue weighted by molar-refractivity contribution is -0.138. The summed E-state index contributed by atoms with van der Waals surface area (Å²) in [7, 11) is -3.83. The van der Waals surface area contributed by atoms with Crippen LogP contribution in [-0.2, 0) is 19.6 Å². The van der Waals surface area contributed by atoms with Crippen LogP contribution >= 0.6 is 0 Å². The Hall–Kier alpha value is -1.45. The van der Waals surface area contributed by atoms with E-state index in [0.29, 0.717) is 37.7 Å². The van der Waals surface area contributed by atoms with Gasteiger partial charge in [0.1, 0.15) is 10.9 Å². The monoisotopic (exact) mass is 344 g/mol. The number of aryl methyl sites for hydroxylation is 2. The molecule has 2 N–H and O–H groups in total. The lowest BCUT2D eigenvalue weighted by atomic mass is 10.0. The number of sulfonamides is 1. The van der Waals surface area contributed by atoms with E-state index in [1.807, 2.05) is 13.8 Å². The molecular formula is C14H24N4O4S. The standard InChI is InChI=1S/C14H24N4O4S/c1-9(2)12(14(19)18-5-7-22-8-6-18)17-23(20,21)13-10(3)15-16-11(13)4/h9,12,17H,5-8H2,1-4H3,(H,15,16)/t12-/m1/s1. The lowest BCUT2D eigenvalue weighted by Crippen LogP contribution is -2.53. The van der Waals surface area contributed by atoms with Crippen molar-refractivity contribution in [2.75, 3.05) is 26.3 Å². The van der Waals surface area contributed by atoms with Gasteiger partial charge in [0.15, 0.2) is 0 Å². The van der Waals surface area contributed by atoms with Gasteiger partial charge in [-0.15, -0.1) is 0 Å². The number of carbonyl (C=O) groups is 1. The van der Waals surface area contributed by atoms with Crippen molar-refractivity contribution in [1.82, 2.24) is 19.8 Å². The molecule has 0 bridgehead atoms. The minimum Gasteiger partial charge on any atom is -0.378 e. The fraction of sp³-hybridized carbons (Fsp3) is 0.714. The number of rotatable bonds is 5. The largest absolute Gasteiger partial charge is 0.378 e. The summed E-state index contributed by atoms with van der Waals surface area (Å²) in [6.45, 7) is 8.81. The van der Waals surface area contributed by atoms with Gasteiger partial charge in [0.2, 0.25) is 15.9 Å². The van der Waals surface area contributed by atoms with E-state index in [1.54, 1.807) is 18.7 Å². The first kappa shape index (κ1) is 17.9. The first-order valence-electron chi connectivity index (χ1n) is 7.64. The maximum atomic E-state index is 12.7. The smallest absolute Gasteiger partial charge is 0.244 e. The summed E-state index contributed by atoms with van der Waals surface area (Å²) < 4.78 is 33.1. The first-order chi connectivity index (χ1) is 10.7. The molecule has 23 heavy (non-hydrogen) atoms. The number of nitrogens with one attached hydrogen (secondary N) is 2. The first-order valence-corrected chi connectivity index (χ1v) is 9.12. The number of carbonyl (C=O) groups excluding carboxylic acids is 1. The Morgan fingerprint density at radius 3 is 2.39 bits per heavy atom. The molecule has 0 aromatic carbocycles. The Morgan fingerprint density at radius 1 is 1.30 bits per heavy atom. The van der Waals surface area contributed by atoms with Crippen molar-refractivity contribution in [2.45, 2.75) is 38.6 Å². The number of amides is 1. The highest BCUT2D eigenvalue weighted by Gasteiger charge is 2.34. The van der Waals surface area contributed by atoms with Crippen molar-refractivity contribution in [3.63, 3.8) is 0 Å². The molecule has 0 spiro atoms. The van der Waals surface area contributed by atoms with Crippen LogP contribution in [0.15, 0.2) is 4.90 Å². The molecule has 9 heteroatoms. The number of H-pyrrole nitrogens is 1. The van der Waals surface area contributed by atoms with Crippen LogP contribution in [-0.4, -0.2) is 61.8 Å². The number of hydrogen-bond acceptors (Lipinski definition) is 5. The number of aromatic amines is 1. The summed E-state index contributed by atoms with van der Waals surface area (Å²) in [5.74, 6) is -0.390. The van der Waals surface area contributed by atoms with Crippen LogP contribution in [0.3, 0.4) is 0 Å². The summed E-state index contributed by atoms with van der Waals surface area (Å²) in [5, 5.41) is 6.57. The van der Waals surface area contributed by atoms with Gasteiger partial charge in [-0.1, -0.05) is 13.8 Å². The Bertz CT molecular complexity index is 643. The average molecular weight is 344 g/mol. The van der Waals surface area contributed by atoms with Gasteiger partial charge in [-0.05, 0) is 19.8 Å². The number of morpholine rings is 1. The maximum absolute atomic E-state index is 12.7. The summed E-state index contributed by atoms with van der Waals surface area (Å²) in [4.78, 5) is 14.4. The Labute approximate surface area is 136 Å². The minimum atomic E-state index is -3.83. The minimum absolute atomic E-state index is 0.109. The van der Waals surface area contributed by atoms with Crippen molar-refractivity contribution in [3.8, 4) is 0 Å². The fourth-order valence-electron chi connectivity index (χ4n) is 2.61. The zero-order valence-corrected chi connectivity index (χ0v) is 14.7. The highest BCUT2D eigenvalue weighted by molar-refractivity contribution is 7.89. The third kappa shape index (κ3) is 3.91. The van der Waals surface area contributed by atoms with Crippen molar-refractivity contribution in [3.05, 3.63) is 11.4 Å². The van der Waals surface area contributed by atoms with E-state index in [0.717, 1.165) is 0 Å². The number of ether oxygens (including phenoxy) is 1. The van der Waals surface area contributed by atoms with Crippen molar-refractivity contribution >= 4 is 15.9 Å². The molecule has 0 radical (unpaired) electrons. The van der Waals surface area contributed by atoms with Gasteiger partial charge in [-0.2, -0.15) is 9.82 Å². The summed E-state index contributed by atoms with van der Waals surface area (Å²) in [6, 6.07) is -0.813. The normalized spacial score (nSPS) is 17.5. The average Bonchev–Trinajstić information content (AvgIpc) is 2.84. The fourth-order valence-corrected chi connectivity index (χ4v) is 4.32. The molecule has 0 aliphatic carbocycles. The molecule has 0 unspecified atom stereocenters. The quantitative estimate of drug-likeness (QED) is 0.793. The Balaban J connectivity index is 2.23. The van der Waals surface area contributed by atoms with Gasteiger partial charge in [0.25, 0.3) is 0 Å². The van der Waals surface area contributed by atoms with E-state index in [-0.39, 0.29) is 16.7 Å². The molecule has 1 amide bonds. The Morgan fingerprint density at radius 2 is 1.91 bits per heavy atom. The SMILES string of the molecule is Cc1n[nH]c(C)c1S(=O)(=O)N[C@@H](C(=O)N1CCOCC1)C(C)C. The maximum Gasteiger partial charge on any atom is 0.244 e. The number of nitrogens with zero attached hydrogens (tertiary/aromatic N) is 2. The molecule has 1 aromatic rings. The zero-order valence-electron chi connectivity index (χ0n) is 13.9. The van der Waals surface area contributed by atoms with E-state index in [1.165, 1.54) is 0 Å². The van der Waals surface area contributed by atoms with Crippen LogP contribution in [0.1, 0.15) is 25.2 Å². The van der Waals surface area contributed by atoms with Gasteiger partial charge < -0.3 is 9.64 Å². The predicted molar refractivity (Wildman–Crippen MR) is 84.4 cm³/mol. The van der Waals surface area contributed by atoms with E-state index in [9.17, 15) is 13.2 Å². The highest BCUT2D eigenvalue weighted by atomic mass is 32.2. The van der Waals surface area contributed by atoms with Crippen LogP contribution in [0.5, 0.6) is 0 Å². The van der Waals surface area contributed by atoms with Gasteiger partial charge in [-0.25, -0.2) is 8.42 Å². The third-order valence-electron chi connectivity index (χ3n) is 3.87. The molecule has 1 saturated heterocycles. The molecule has 8 nitrogen and oxygen atoms in total. The topological polar surface area (TPSA) is 104 Å². The van der Waals surface area contributed by atoms with Crippen molar-refractivity contribution < 1.29 is 17.9 Å². The summed E-state index contributed by atoms with van der Waals surface area (Å²) in [6.07, 6.45) is 0. The van der Waals surface area contributed by atoms with Crippen molar-refractivity contribution in [2.24, 2.45) is 5.92 Å². The van der Waals surface area contributed by atoms with E-state index >= 15 is 0 Å². The second-order valence-corrected chi connectivity index (χ2v) is 7.69. The molecular weight excluding hydrogens is 320 g/mol. The van der Waals surface area contributed by atoms with Gasteiger partial charge in [-0.3, -0.25) is 9.89 Å². The number of hydrogen-bond donors (Lipinski definition) is 2. The van der Waals surface area contributed by atoms with E-state index in [2.05, 4.69) is 14.9 Å². The van der Waals surface area contributed by atoms with Gasteiger partial charge >= 0.3 is 0 Å². The van der Waals surface area contributed by atoms with E-state index < -0.39 is 16.1 Å². The lowest BCUT2D eigenvalue weighted by Gasteiger charge is -2.32. The Kier molecular flexibility index (Phi) is 5.43. The van der Waals surface area contributed by atoms with Crippen LogP contribution in [0.2, 0.25) is 0 Å². The molecule has 1 aromatic heterocycles. The second kappa shape index (κ2) is 6.98. The molecule has 2 rings (SSSR count). The second-order valence-electron chi connectivity index (χ2n) is 6.04. The molecule has 1 aliphatic heterocycles. The molecule has 1 fully saturated rings. The molecule has 0 saturated carbocycles. The van der Waals surface area contributed by atoms with Crippen LogP contribution < -0.4 is 4.72 Å². The van der Waals surface area contributed by atoms with Crippen LogP contribution in [0.25, 0.3) is 0 Å². The van der Waals surface area contributed by atoms with Gasteiger partial charge in [0, 0.05) is 13.1 Å². The molecule has 130 valence electrons. The molecule has 1 aliphatic rings. The molecule has 1 atom stereocenters. The van der Waals surface area contributed by atoms with Gasteiger partial charge in [0.05, 0.1) is 24.6 Å². The third-order valence-corrected chi connectivity index (χ3v) is 5.57. The van der Waals surface area contributed by atoms with Crippen molar-refractivity contribution in [1.29, 1.82) is 0 Å². The number of aromatic nitrogens is 2. The zero-order chi connectivity index (χ0) is 17.2. The highest BCUT2D eigenvalue weighted by Crippen LogP contribution is 2.19. The van der Waals surface area contributed by atoms with Crippen LogP contribution in [0.4, 0.5) is 0 Å². The summed E-state index contributed by atoms with van der Waals surface area (Å²) in [5.41, 5.74) is 0.840.